The Balaban J connectivity index is 0.000000733. The van der Waals surface area contributed by atoms with E-state index in [4.69, 9.17) is 272 Å². The van der Waals surface area contributed by atoms with Crippen molar-refractivity contribution >= 4 is 502 Å². The van der Waals surface area contributed by atoms with Crippen molar-refractivity contribution in [3.05, 3.63) is 42.7 Å². The van der Waals surface area contributed by atoms with Crippen LogP contribution in [0.3, 0.4) is 0 Å². The van der Waals surface area contributed by atoms with Gasteiger partial charge in [0.2, 0.25) is 0 Å². The number of aromatic nitrogens is 2. The summed E-state index contributed by atoms with van der Waals surface area (Å²) in [4.78, 5) is 9.04. The smallest absolute Gasteiger partial charge is 0.399 e. The molecule has 1 fully saturated rings. The van der Waals surface area contributed by atoms with E-state index >= 15 is 0 Å². The van der Waals surface area contributed by atoms with Gasteiger partial charge in [0.05, 0.1) is 22.2 Å². The summed E-state index contributed by atoms with van der Waals surface area (Å²) in [7, 11) is 227. The first kappa shape index (κ1) is 85.5. The zero-order valence-corrected chi connectivity index (χ0v) is 51.9. The van der Waals surface area contributed by atoms with Crippen LogP contribution < -0.4 is 5.46 Å². The van der Waals surface area contributed by atoms with Crippen LogP contribution >= 0.6 is 0 Å². The van der Waals surface area contributed by atoms with Crippen LogP contribution in [0.5, 0.6) is 0 Å². The Morgan fingerprint density at radius 3 is 0.798 bits per heavy atom. The van der Waals surface area contributed by atoms with Crippen molar-refractivity contribution in [1.29, 1.82) is 0 Å². The minimum Gasteiger partial charge on any atom is -0.399 e. The fraction of sp³-hybridized carbons (Fsp3) is 0.333. The van der Waals surface area contributed by atoms with Crippen LogP contribution in [-0.4, -0.2) is 496 Å². The number of hydrogen-bond donors (Lipinski definition) is 0. The highest BCUT2D eigenvalue weighted by molar-refractivity contribution is 8.39. The zero-order valence-electron chi connectivity index (χ0n) is 51.9. The largest absolute Gasteiger partial charge is 0.494 e. The summed E-state index contributed by atoms with van der Waals surface area (Å²) in [6.07, 6.45) is -44.6. The standard InChI is InChI=1S/C18H19BN2O2.B66/c1-17(2)18(3,4)23-19(22-17)13-7-8-14-15(10-13)21-11-12-6-5-9-20-16(12)14;1-35(2)52(36(3)4)60(51(33)34)64(59(49(29)30)50(31)32)66(63(57(45(21)22)46(23)24)58(47(25)26)48(27)28)65(61(53(37(5)6)38(7)8)54(39(9)10)40(11)12)62(55(41(13)14)42(15)16)56(43(17)18)44(19)20/h5-11H,1-4H3;. The maximum Gasteiger partial charge on any atom is 0.494 e. The van der Waals surface area contributed by atoms with Gasteiger partial charge < -0.3 is 9.31 Å². The van der Waals surface area contributed by atoms with E-state index in [0.29, 0.717) is 0 Å². The topological polar surface area (TPSA) is 44.2 Å². The van der Waals surface area contributed by atoms with Crippen LogP contribution in [0.4, 0.5) is 0 Å². The second-order valence-electron chi connectivity index (χ2n) is 25.5. The molecule has 0 unspecified atom stereocenters. The van der Waals surface area contributed by atoms with Crippen LogP contribution in [0, 0.1) is 0 Å². The maximum absolute atomic E-state index is 6.83. The van der Waals surface area contributed by atoms with E-state index in [0.717, 1.165) is 27.3 Å². The van der Waals surface area contributed by atoms with Gasteiger partial charge in [0.15, 0.2) is 0 Å². The van der Waals surface area contributed by atoms with Gasteiger partial charge in [-0.2, -0.15) is 0 Å². The molecule has 3 heterocycles. The Morgan fingerprint density at radius 2 is 0.539 bits per heavy atom. The van der Waals surface area contributed by atoms with E-state index < -0.39 is 204 Å². The van der Waals surface area contributed by atoms with Gasteiger partial charge in [-0.05, 0) is 51.4 Å². The van der Waals surface area contributed by atoms with Crippen molar-refractivity contribution < 1.29 is 9.31 Å². The molecule has 0 bridgehead atoms. The first-order chi connectivity index (χ1) is 40.8. The minimum atomic E-state index is -1.64. The lowest BCUT2D eigenvalue weighted by Crippen LogP contribution is -2.98. The van der Waals surface area contributed by atoms with Crippen molar-refractivity contribution in [3.8, 4) is 0 Å². The Hall–Kier alpha value is 2.31. The third kappa shape index (κ3) is 21.2. The first-order valence-corrected chi connectivity index (χ1v) is 29.5. The van der Waals surface area contributed by atoms with Gasteiger partial charge in [-0.1, -0.05) is 12.1 Å². The van der Waals surface area contributed by atoms with E-state index in [1.54, 1.807) is 0 Å². The highest BCUT2D eigenvalue weighted by Gasteiger charge is 2.64. The van der Waals surface area contributed by atoms with Crippen molar-refractivity contribution in [3.63, 3.8) is 0 Å². The Labute approximate surface area is 597 Å². The third-order valence-electron chi connectivity index (χ3n) is 18.8. The summed E-state index contributed by atoms with van der Waals surface area (Å²) in [6, 6.07) is 10.1. The molecule has 1 aliphatic heterocycles. The van der Waals surface area contributed by atoms with Gasteiger partial charge >= 0.3 is 7.12 Å². The number of nitrogens with zero attached hydrogens (tertiary/aromatic N) is 2. The average Bonchev–Trinajstić information content (AvgIpc) is 1.15. The van der Waals surface area contributed by atoms with Crippen molar-refractivity contribution in [2.75, 3.05) is 0 Å². The second-order valence-corrected chi connectivity index (χ2v) is 25.5. The van der Waals surface area contributed by atoms with Crippen LogP contribution in [0.15, 0.2) is 42.7 Å². The van der Waals surface area contributed by atoms with Crippen LogP contribution in [0.1, 0.15) is 27.7 Å². The van der Waals surface area contributed by atoms with Crippen LogP contribution in [0.2, 0.25) is 0 Å². The molecule has 0 N–H and O–H groups in total. The van der Waals surface area contributed by atoms with E-state index in [2.05, 4.69) is 43.7 Å². The lowest BCUT2D eigenvalue weighted by Gasteiger charge is -2.60. The highest BCUT2D eigenvalue weighted by Crippen LogP contribution is 2.37. The molecule has 4 rings (SSSR count). The van der Waals surface area contributed by atoms with E-state index in [9.17, 15) is 0 Å². The molecule has 3 aromatic rings. The lowest BCUT2D eigenvalue weighted by atomic mass is 8.22. The zero-order chi connectivity index (χ0) is 68.7. The van der Waals surface area contributed by atoms with Gasteiger partial charge in [0.1, 0.15) is 0 Å². The SMILES string of the molecule is CC1(C)OB(c2ccc3c(c2)ncc2cccnc23)OC1(C)C.[B]B([B])B(B([B])[B])B(B([B])[B])B(B(B([B])[B])B([B])[B])B(B(B(B([B])[B])B([B])[B])B(B([B])[B])B([B])[B])B(B(B(B([B])[B])B([B])[B])B(B([B])[B])B([B])[B])B(B(B([B])[B])B([B])[B])B(B([B])[B])B([B])[B]. The summed E-state index contributed by atoms with van der Waals surface area (Å²) >= 11 is 0. The maximum atomic E-state index is 6.83. The van der Waals surface area contributed by atoms with Gasteiger partial charge in [0, 0.05) is 491 Å². The molecule has 314 valence electrons. The summed E-state index contributed by atoms with van der Waals surface area (Å²) in [6.45, 7) is 8.24. The molecule has 71 heteroatoms. The van der Waals surface area contributed by atoms with Gasteiger partial charge in [-0.15, -0.1) is 0 Å². The Morgan fingerprint density at radius 1 is 0.303 bits per heavy atom. The molecule has 0 aliphatic carbocycles. The highest BCUT2D eigenvalue weighted by atomic mass is 16.7. The summed E-state index contributed by atoms with van der Waals surface area (Å²) in [5.74, 6) is 0. The van der Waals surface area contributed by atoms with E-state index in [1.807, 2.05) is 36.7 Å². The molecule has 1 aromatic carbocycles. The molecule has 89 heavy (non-hydrogen) atoms. The van der Waals surface area contributed by atoms with Gasteiger partial charge in [-0.3, -0.25) is 9.97 Å². The number of rotatable bonds is 32. The molecule has 1 saturated heterocycles. The van der Waals surface area contributed by atoms with Crippen molar-refractivity contribution in [2.45, 2.75) is 38.9 Å². The Kier molecular flexibility index (Phi) is 35.7. The molecule has 0 saturated carbocycles. The quantitative estimate of drug-likeness (QED) is 0.0462. The van der Waals surface area contributed by atoms with E-state index in [1.165, 1.54) is 0 Å². The summed E-state index contributed by atoms with van der Waals surface area (Å²) < 4.78 is 12.2. The lowest BCUT2D eigenvalue weighted by molar-refractivity contribution is 0.00578. The molecule has 1 aliphatic rings. The minimum absolute atomic E-state index is 0.342. The number of benzene rings is 1. The molecular formula is C18H19B67N2O2. The normalized spacial score (nSPS) is 12.3. The molecular weight excluding hydrogens is 1000 g/mol. The average molecular weight is 1020 g/mol. The number of pyridine rings is 2. The second kappa shape index (κ2) is 37.1. The fourth-order valence-electron chi connectivity index (χ4n) is 14.4. The fourth-order valence-corrected chi connectivity index (χ4v) is 14.4. The third-order valence-corrected chi connectivity index (χ3v) is 18.8. The monoisotopic (exact) mass is 1030 g/mol. The predicted octanol–water partition coefficient (Wildman–Crippen LogP) is -22.1. The molecule has 68 radical (unpaired) electrons. The van der Waals surface area contributed by atoms with Crippen LogP contribution in [-0.2, 0) is 9.31 Å². The molecule has 2 aromatic heterocycles. The molecule has 0 atom stereocenters. The summed E-state index contributed by atoms with van der Waals surface area (Å²) in [5, 5.41) is 2.09. The summed E-state index contributed by atoms with van der Waals surface area (Å²) in [5.41, 5.74) is 2.18. The van der Waals surface area contributed by atoms with Gasteiger partial charge in [0.25, 0.3) is 0 Å². The molecule has 0 amide bonds. The van der Waals surface area contributed by atoms with Crippen molar-refractivity contribution in [1.82, 2.24) is 9.97 Å². The predicted molar refractivity (Wildman–Crippen MR) is 473 cm³/mol. The number of fused-ring (bicyclic) bond motifs is 3. The first-order valence-electron chi connectivity index (χ1n) is 29.5. The van der Waals surface area contributed by atoms with Gasteiger partial charge in [-0.25, -0.2) is 0 Å². The van der Waals surface area contributed by atoms with Crippen LogP contribution in [0.25, 0.3) is 21.8 Å². The number of hydrogen-bond acceptors (Lipinski definition) is 4. The van der Waals surface area contributed by atoms with E-state index in [-0.39, 0.29) is 18.3 Å². The Bertz CT molecular complexity index is 2360. The van der Waals surface area contributed by atoms with Crippen molar-refractivity contribution in [2.24, 2.45) is 0 Å². The molecule has 0 spiro atoms. The molecule has 4 nitrogen and oxygen atoms in total.